The van der Waals surface area contributed by atoms with E-state index >= 15 is 0 Å². The average Bonchev–Trinajstić information content (AvgIpc) is 2.28. The van der Waals surface area contributed by atoms with Gasteiger partial charge in [0.05, 0.1) is 7.11 Å². The summed E-state index contributed by atoms with van der Waals surface area (Å²) in [7, 11) is 1.41. The first-order valence-electron chi connectivity index (χ1n) is 4.89. The van der Waals surface area contributed by atoms with Crippen molar-refractivity contribution in [2.75, 3.05) is 7.11 Å². The molecule has 0 heterocycles. The summed E-state index contributed by atoms with van der Waals surface area (Å²) >= 11 is 0. The predicted octanol–water partition coefficient (Wildman–Crippen LogP) is 1.05. The molecule has 0 saturated heterocycles. The first kappa shape index (κ1) is 12.3. The Kier molecular flexibility index (Phi) is 3.73. The summed E-state index contributed by atoms with van der Waals surface area (Å²) in [4.78, 5) is 10.8. The zero-order valence-electron chi connectivity index (χ0n) is 9.23. The number of ether oxygens (including phenoxy) is 1. The maximum absolute atomic E-state index is 10.8. The third-order valence-electron chi connectivity index (χ3n) is 2.39. The monoisotopic (exact) mass is 225 g/mol. The number of carboxylic acids is 1. The number of carboxylic acid groups (broad SMARTS) is 1. The van der Waals surface area contributed by atoms with Crippen molar-refractivity contribution in [2.24, 2.45) is 5.73 Å². The fourth-order valence-electron chi connectivity index (χ4n) is 1.42. The molecule has 0 aliphatic carbocycles. The average molecular weight is 225 g/mol. The van der Waals surface area contributed by atoms with Crippen LogP contribution in [0.25, 0.3) is 0 Å². The number of phenolic OH excluding ortho intramolecular Hbond substituents is 1. The molecule has 16 heavy (non-hydrogen) atoms. The summed E-state index contributed by atoms with van der Waals surface area (Å²) < 4.78 is 4.96. The largest absolute Gasteiger partial charge is 0.504 e. The van der Waals surface area contributed by atoms with Gasteiger partial charge < -0.3 is 20.7 Å². The van der Waals surface area contributed by atoms with Gasteiger partial charge in [0.25, 0.3) is 0 Å². The minimum absolute atomic E-state index is 0.170. The molecule has 0 saturated carbocycles. The molecule has 4 N–H and O–H groups in total. The van der Waals surface area contributed by atoms with Gasteiger partial charge in [0, 0.05) is 5.56 Å². The van der Waals surface area contributed by atoms with Gasteiger partial charge in [0.1, 0.15) is 6.04 Å². The topological polar surface area (TPSA) is 92.8 Å². The van der Waals surface area contributed by atoms with E-state index in [4.69, 9.17) is 15.6 Å². The second-order valence-electron chi connectivity index (χ2n) is 3.41. The number of carbonyl (C=O) groups is 1. The molecule has 5 nitrogen and oxygen atoms in total. The van der Waals surface area contributed by atoms with Crippen LogP contribution in [0, 0.1) is 0 Å². The first-order valence-corrected chi connectivity index (χ1v) is 4.89. The van der Waals surface area contributed by atoms with E-state index in [0.29, 0.717) is 6.42 Å². The van der Waals surface area contributed by atoms with Crippen molar-refractivity contribution in [3.05, 3.63) is 23.3 Å². The Morgan fingerprint density at radius 3 is 2.62 bits per heavy atom. The van der Waals surface area contributed by atoms with Crippen LogP contribution >= 0.6 is 0 Å². The quantitative estimate of drug-likeness (QED) is 0.712. The molecular formula is C11H15NO4. The smallest absolute Gasteiger partial charge is 0.325 e. The number of aromatic hydroxyl groups is 1. The van der Waals surface area contributed by atoms with Crippen LogP contribution in [-0.2, 0) is 11.2 Å². The molecule has 0 radical (unpaired) electrons. The van der Waals surface area contributed by atoms with Gasteiger partial charge >= 0.3 is 5.97 Å². The van der Waals surface area contributed by atoms with E-state index < -0.39 is 12.0 Å². The van der Waals surface area contributed by atoms with Crippen LogP contribution in [0.4, 0.5) is 0 Å². The van der Waals surface area contributed by atoms with Gasteiger partial charge in [-0.25, -0.2) is 0 Å². The normalized spacial score (nSPS) is 12.2. The molecule has 0 aliphatic rings. The maximum Gasteiger partial charge on any atom is 0.325 e. The molecule has 1 aromatic rings. The van der Waals surface area contributed by atoms with Crippen LogP contribution in [0.3, 0.4) is 0 Å². The van der Waals surface area contributed by atoms with Gasteiger partial charge in [-0.15, -0.1) is 0 Å². The van der Waals surface area contributed by atoms with Crippen molar-refractivity contribution in [2.45, 2.75) is 19.4 Å². The Hall–Kier alpha value is -1.75. The minimum Gasteiger partial charge on any atom is -0.504 e. The van der Waals surface area contributed by atoms with Gasteiger partial charge in [-0.3, -0.25) is 4.79 Å². The molecule has 0 fully saturated rings. The summed E-state index contributed by atoms with van der Waals surface area (Å²) in [6, 6.07) is 1.99. The van der Waals surface area contributed by atoms with Crippen LogP contribution in [0.1, 0.15) is 24.1 Å². The zero-order valence-corrected chi connectivity index (χ0v) is 9.23. The summed E-state index contributed by atoms with van der Waals surface area (Å²) in [5.74, 6) is -1.16. The summed E-state index contributed by atoms with van der Waals surface area (Å²) in [5.41, 5.74) is 6.50. The maximum atomic E-state index is 10.8. The molecule has 0 spiro atoms. The third-order valence-corrected chi connectivity index (χ3v) is 2.39. The lowest BCUT2D eigenvalue weighted by Gasteiger charge is -2.14. The second kappa shape index (κ2) is 4.85. The molecule has 1 rings (SSSR count). The van der Waals surface area contributed by atoms with Gasteiger partial charge in [0.2, 0.25) is 0 Å². The Balaban J connectivity index is 3.31. The van der Waals surface area contributed by atoms with E-state index in [9.17, 15) is 9.90 Å². The molecule has 0 amide bonds. The summed E-state index contributed by atoms with van der Waals surface area (Å²) in [6.45, 7) is 1.92. The van der Waals surface area contributed by atoms with E-state index in [-0.39, 0.29) is 17.1 Å². The van der Waals surface area contributed by atoms with Crippen molar-refractivity contribution in [1.29, 1.82) is 0 Å². The molecule has 0 bridgehead atoms. The van der Waals surface area contributed by atoms with Crippen molar-refractivity contribution in [3.8, 4) is 11.5 Å². The predicted molar refractivity (Wildman–Crippen MR) is 58.6 cm³/mol. The number of aryl methyl sites for hydroxylation is 1. The number of aliphatic carboxylic acids is 1. The van der Waals surface area contributed by atoms with Crippen LogP contribution < -0.4 is 10.5 Å². The number of rotatable bonds is 4. The molecule has 0 aromatic heterocycles. The molecule has 5 heteroatoms. The van der Waals surface area contributed by atoms with E-state index in [0.717, 1.165) is 5.56 Å². The Labute approximate surface area is 93.5 Å². The highest BCUT2D eigenvalue weighted by Crippen LogP contribution is 2.34. The van der Waals surface area contributed by atoms with Crippen LogP contribution in [0.15, 0.2) is 12.1 Å². The van der Waals surface area contributed by atoms with Crippen molar-refractivity contribution >= 4 is 5.97 Å². The number of methoxy groups -OCH3 is 1. The van der Waals surface area contributed by atoms with Crippen LogP contribution in [0.2, 0.25) is 0 Å². The fraction of sp³-hybridized carbons (Fsp3) is 0.364. The van der Waals surface area contributed by atoms with Gasteiger partial charge in [-0.2, -0.15) is 0 Å². The third kappa shape index (κ3) is 2.25. The van der Waals surface area contributed by atoms with Gasteiger partial charge in [-0.05, 0) is 24.1 Å². The van der Waals surface area contributed by atoms with E-state index in [1.54, 1.807) is 12.1 Å². The number of hydrogen-bond acceptors (Lipinski definition) is 4. The molecule has 1 aromatic carbocycles. The molecule has 0 aliphatic heterocycles. The highest BCUT2D eigenvalue weighted by molar-refractivity contribution is 5.77. The van der Waals surface area contributed by atoms with Gasteiger partial charge in [-0.1, -0.05) is 6.92 Å². The lowest BCUT2D eigenvalue weighted by atomic mass is 10.0. The van der Waals surface area contributed by atoms with Crippen molar-refractivity contribution in [1.82, 2.24) is 0 Å². The number of phenols is 1. The molecule has 0 unspecified atom stereocenters. The highest BCUT2D eigenvalue weighted by atomic mass is 16.5. The highest BCUT2D eigenvalue weighted by Gasteiger charge is 2.21. The minimum atomic E-state index is -1.25. The van der Waals surface area contributed by atoms with Crippen LogP contribution in [-0.4, -0.2) is 23.3 Å². The van der Waals surface area contributed by atoms with E-state index in [1.807, 2.05) is 6.92 Å². The van der Waals surface area contributed by atoms with E-state index in [2.05, 4.69) is 0 Å². The Morgan fingerprint density at radius 1 is 1.56 bits per heavy atom. The number of nitrogens with two attached hydrogens (primary N) is 1. The number of benzene rings is 1. The SMILES string of the molecule is CCc1cc(OC)c(O)c([C@H](N)C(=O)O)c1. The lowest BCUT2D eigenvalue weighted by molar-refractivity contribution is -0.138. The summed E-state index contributed by atoms with van der Waals surface area (Å²) in [5, 5.41) is 18.6. The van der Waals surface area contributed by atoms with Gasteiger partial charge in [0.15, 0.2) is 11.5 Å². The molecule has 88 valence electrons. The lowest BCUT2D eigenvalue weighted by Crippen LogP contribution is -2.21. The molecular weight excluding hydrogens is 210 g/mol. The van der Waals surface area contributed by atoms with Crippen molar-refractivity contribution in [3.63, 3.8) is 0 Å². The summed E-state index contributed by atoms with van der Waals surface area (Å²) in [6.07, 6.45) is 0.704. The fourth-order valence-corrected chi connectivity index (χ4v) is 1.42. The Morgan fingerprint density at radius 2 is 2.19 bits per heavy atom. The zero-order chi connectivity index (χ0) is 12.3. The standard InChI is InChI=1S/C11H15NO4/c1-3-6-4-7(9(12)11(14)15)10(13)8(5-6)16-2/h4-5,9,13H,3,12H2,1-2H3,(H,14,15)/t9-/m0/s1. The first-order chi connectivity index (χ1) is 7.51. The molecule has 1 atom stereocenters. The number of hydrogen-bond donors (Lipinski definition) is 3. The van der Waals surface area contributed by atoms with E-state index in [1.165, 1.54) is 7.11 Å². The van der Waals surface area contributed by atoms with Crippen LogP contribution in [0.5, 0.6) is 11.5 Å². The van der Waals surface area contributed by atoms with Crippen molar-refractivity contribution < 1.29 is 19.7 Å². The second-order valence-corrected chi connectivity index (χ2v) is 3.41. The Bertz CT molecular complexity index is 403.